The molecule has 0 saturated carbocycles. The molecule has 0 aromatic heterocycles. The number of nitrogens with one attached hydrogen (secondary N) is 1. The van der Waals surface area contributed by atoms with Gasteiger partial charge in [-0.1, -0.05) is 42.5 Å². The van der Waals surface area contributed by atoms with E-state index in [-0.39, 0.29) is 11.4 Å². The van der Waals surface area contributed by atoms with Crippen LogP contribution in [-0.4, -0.2) is 28.5 Å². The number of nitrogens with zero attached hydrogens (tertiary/aromatic N) is 1. The number of halogens is 1. The fraction of sp³-hybridized carbons (Fsp3) is 0.0417. The van der Waals surface area contributed by atoms with Crippen LogP contribution in [0.3, 0.4) is 0 Å². The lowest BCUT2D eigenvalue weighted by atomic mass is 10.2. The van der Waals surface area contributed by atoms with Crippen molar-refractivity contribution in [2.75, 3.05) is 11.9 Å². The summed E-state index contributed by atoms with van der Waals surface area (Å²) in [5, 5.41) is 2.21. The molecule has 1 saturated heterocycles. The van der Waals surface area contributed by atoms with Crippen molar-refractivity contribution in [2.45, 2.75) is 0 Å². The molecule has 1 heterocycles. The van der Waals surface area contributed by atoms with Crippen LogP contribution in [0.2, 0.25) is 0 Å². The largest absolute Gasteiger partial charge is 0.457 e. The van der Waals surface area contributed by atoms with Gasteiger partial charge in [0.05, 0.1) is 10.6 Å². The van der Waals surface area contributed by atoms with Gasteiger partial charge in [0.15, 0.2) is 0 Å². The summed E-state index contributed by atoms with van der Waals surface area (Å²) < 4.78 is 6.52. The maximum absolute atomic E-state index is 12.7. The molecule has 3 aromatic rings. The minimum atomic E-state index is -0.503. The van der Waals surface area contributed by atoms with Crippen LogP contribution in [0, 0.1) is 0 Å². The number of para-hydroxylation sites is 2. The Morgan fingerprint density at radius 3 is 2.47 bits per heavy atom. The predicted octanol–water partition coefficient (Wildman–Crippen LogP) is 5.92. The number of benzene rings is 3. The maximum Gasteiger partial charge on any atom is 0.294 e. The van der Waals surface area contributed by atoms with Gasteiger partial charge in [0.25, 0.3) is 11.1 Å². The standard InChI is InChI=1S/C24H17BrN2O4S/c25-19-11-4-5-12-20(19)26-22(28)15-27-23(29)21(32-24(27)30)14-16-7-6-10-18(13-16)31-17-8-2-1-3-9-17/h1-14H,15H2,(H,26,28)/b21-14+. The molecule has 3 amide bonds. The number of ether oxygens (including phenoxy) is 1. The molecule has 1 aliphatic heterocycles. The van der Waals surface area contributed by atoms with Crippen molar-refractivity contribution in [1.82, 2.24) is 4.90 Å². The summed E-state index contributed by atoms with van der Waals surface area (Å²) in [5.74, 6) is 0.341. The number of amides is 3. The number of hydrogen-bond acceptors (Lipinski definition) is 5. The van der Waals surface area contributed by atoms with Crippen molar-refractivity contribution in [1.29, 1.82) is 0 Å². The van der Waals surface area contributed by atoms with E-state index >= 15 is 0 Å². The monoisotopic (exact) mass is 508 g/mol. The van der Waals surface area contributed by atoms with Crippen LogP contribution in [0.25, 0.3) is 6.08 Å². The molecule has 1 fully saturated rings. The van der Waals surface area contributed by atoms with Crippen molar-refractivity contribution >= 4 is 56.5 Å². The SMILES string of the molecule is O=C(CN1C(=O)S/C(=C/c2cccc(Oc3ccccc3)c2)C1=O)Nc1ccccc1Br. The Morgan fingerprint density at radius 2 is 1.69 bits per heavy atom. The van der Waals surface area contributed by atoms with Gasteiger partial charge in [-0.05, 0) is 75.7 Å². The van der Waals surface area contributed by atoms with Gasteiger partial charge in [-0.2, -0.15) is 0 Å². The average molecular weight is 509 g/mol. The van der Waals surface area contributed by atoms with E-state index in [1.165, 1.54) is 0 Å². The van der Waals surface area contributed by atoms with Crippen LogP contribution in [0.4, 0.5) is 10.5 Å². The summed E-state index contributed by atoms with van der Waals surface area (Å²) in [7, 11) is 0. The molecule has 1 aliphatic rings. The van der Waals surface area contributed by atoms with Gasteiger partial charge in [0.1, 0.15) is 18.0 Å². The number of rotatable bonds is 6. The molecule has 4 rings (SSSR count). The summed E-state index contributed by atoms with van der Waals surface area (Å²) in [6.45, 7) is -0.361. The first-order valence-electron chi connectivity index (χ1n) is 9.62. The third-order valence-corrected chi connectivity index (χ3v) is 6.06. The van der Waals surface area contributed by atoms with Gasteiger partial charge in [-0.15, -0.1) is 0 Å². The van der Waals surface area contributed by atoms with Gasteiger partial charge >= 0.3 is 0 Å². The first kappa shape index (κ1) is 21.9. The van der Waals surface area contributed by atoms with Crippen molar-refractivity contribution in [3.8, 4) is 11.5 Å². The predicted molar refractivity (Wildman–Crippen MR) is 128 cm³/mol. The molecule has 6 nitrogen and oxygen atoms in total. The van der Waals surface area contributed by atoms with Crippen LogP contribution in [0.5, 0.6) is 11.5 Å². The van der Waals surface area contributed by atoms with Crippen LogP contribution < -0.4 is 10.1 Å². The van der Waals surface area contributed by atoms with E-state index in [0.29, 0.717) is 27.2 Å². The van der Waals surface area contributed by atoms with Gasteiger partial charge in [0.2, 0.25) is 5.91 Å². The lowest BCUT2D eigenvalue weighted by molar-refractivity contribution is -0.127. The van der Waals surface area contributed by atoms with Crippen molar-refractivity contribution in [3.63, 3.8) is 0 Å². The highest BCUT2D eigenvalue weighted by atomic mass is 79.9. The van der Waals surface area contributed by atoms with Crippen LogP contribution in [0.1, 0.15) is 5.56 Å². The Bertz CT molecular complexity index is 1210. The molecule has 8 heteroatoms. The number of thioether (sulfide) groups is 1. The second kappa shape index (κ2) is 9.84. The van der Waals surface area contributed by atoms with E-state index in [0.717, 1.165) is 16.7 Å². The summed E-state index contributed by atoms with van der Waals surface area (Å²) in [6.07, 6.45) is 1.62. The quantitative estimate of drug-likeness (QED) is 0.418. The second-order valence-electron chi connectivity index (χ2n) is 6.78. The topological polar surface area (TPSA) is 75.7 Å². The fourth-order valence-electron chi connectivity index (χ4n) is 2.98. The molecule has 160 valence electrons. The zero-order valence-corrected chi connectivity index (χ0v) is 19.1. The molecular formula is C24H17BrN2O4S. The summed E-state index contributed by atoms with van der Waals surface area (Å²) >= 11 is 4.16. The van der Waals surface area contributed by atoms with Crippen molar-refractivity contribution < 1.29 is 19.1 Å². The Kier molecular flexibility index (Phi) is 6.72. The lowest BCUT2D eigenvalue weighted by Gasteiger charge is -2.13. The number of carbonyl (C=O) groups is 3. The molecule has 0 spiro atoms. The Labute approximate surface area is 197 Å². The smallest absolute Gasteiger partial charge is 0.294 e. The molecule has 0 aliphatic carbocycles. The van der Waals surface area contributed by atoms with Crippen molar-refractivity contribution in [3.05, 3.63) is 93.8 Å². The molecule has 0 bridgehead atoms. The lowest BCUT2D eigenvalue weighted by Crippen LogP contribution is -2.36. The van der Waals surface area contributed by atoms with Crippen molar-refractivity contribution in [2.24, 2.45) is 0 Å². The number of hydrogen-bond donors (Lipinski definition) is 1. The highest BCUT2D eigenvalue weighted by Crippen LogP contribution is 2.33. The Balaban J connectivity index is 1.45. The van der Waals surface area contributed by atoms with E-state index in [2.05, 4.69) is 21.2 Å². The summed E-state index contributed by atoms with van der Waals surface area (Å²) in [5.41, 5.74) is 1.27. The number of anilines is 1. The second-order valence-corrected chi connectivity index (χ2v) is 8.63. The van der Waals surface area contributed by atoms with Crippen LogP contribution in [-0.2, 0) is 9.59 Å². The third-order valence-electron chi connectivity index (χ3n) is 4.46. The van der Waals surface area contributed by atoms with E-state index in [4.69, 9.17) is 4.74 Å². The average Bonchev–Trinajstić information content (AvgIpc) is 3.03. The fourth-order valence-corrected chi connectivity index (χ4v) is 4.20. The maximum atomic E-state index is 12.7. The Morgan fingerprint density at radius 1 is 0.969 bits per heavy atom. The van der Waals surface area contributed by atoms with Gasteiger partial charge < -0.3 is 10.1 Å². The van der Waals surface area contributed by atoms with E-state index in [1.54, 1.807) is 36.4 Å². The molecular weight excluding hydrogens is 492 g/mol. The van der Waals surface area contributed by atoms with Gasteiger partial charge in [-0.3, -0.25) is 19.3 Å². The van der Waals surface area contributed by atoms with E-state index in [1.807, 2.05) is 48.5 Å². The molecule has 0 radical (unpaired) electrons. The highest BCUT2D eigenvalue weighted by molar-refractivity contribution is 9.10. The van der Waals surface area contributed by atoms with E-state index in [9.17, 15) is 14.4 Å². The Hall–Kier alpha value is -3.36. The molecule has 3 aromatic carbocycles. The zero-order valence-electron chi connectivity index (χ0n) is 16.7. The van der Waals surface area contributed by atoms with Gasteiger partial charge in [-0.25, -0.2) is 0 Å². The molecule has 1 N–H and O–H groups in total. The molecule has 0 atom stereocenters. The van der Waals surface area contributed by atoms with Gasteiger partial charge in [0, 0.05) is 4.47 Å². The molecule has 32 heavy (non-hydrogen) atoms. The first-order valence-corrected chi connectivity index (χ1v) is 11.2. The van der Waals surface area contributed by atoms with Crippen LogP contribution in [0.15, 0.2) is 88.2 Å². The van der Waals surface area contributed by atoms with E-state index < -0.39 is 17.1 Å². The number of imide groups is 1. The zero-order chi connectivity index (χ0) is 22.5. The van der Waals surface area contributed by atoms with Crippen LogP contribution >= 0.6 is 27.7 Å². The number of carbonyl (C=O) groups excluding carboxylic acids is 3. The normalized spacial score (nSPS) is 14.7. The summed E-state index contributed by atoms with van der Waals surface area (Å²) in [4.78, 5) is 38.7. The first-order chi connectivity index (χ1) is 15.5. The minimum absolute atomic E-state index is 0.251. The third kappa shape index (κ3) is 5.27. The minimum Gasteiger partial charge on any atom is -0.457 e. The molecule has 0 unspecified atom stereocenters. The highest BCUT2D eigenvalue weighted by Gasteiger charge is 2.36. The summed E-state index contributed by atoms with van der Waals surface area (Å²) in [6, 6.07) is 23.7.